The number of nitro benzene ring substituents is 1. The second-order valence-corrected chi connectivity index (χ2v) is 5.18. The van der Waals surface area contributed by atoms with Crippen molar-refractivity contribution in [2.24, 2.45) is 5.92 Å². The van der Waals surface area contributed by atoms with Gasteiger partial charge in [-0.15, -0.1) is 0 Å². The molecule has 0 radical (unpaired) electrons. The van der Waals surface area contributed by atoms with Gasteiger partial charge in [0.1, 0.15) is 0 Å². The monoisotopic (exact) mass is 292 g/mol. The van der Waals surface area contributed by atoms with Crippen LogP contribution in [0.2, 0.25) is 0 Å². The van der Waals surface area contributed by atoms with Gasteiger partial charge in [-0.1, -0.05) is 18.2 Å². The van der Waals surface area contributed by atoms with Gasteiger partial charge in [0.05, 0.1) is 17.3 Å². The fourth-order valence-corrected chi connectivity index (χ4v) is 2.63. The summed E-state index contributed by atoms with van der Waals surface area (Å²) in [4.78, 5) is 33.2. The third-order valence-electron chi connectivity index (χ3n) is 3.69. The average Bonchev–Trinajstić information content (AvgIpc) is 2.87. The lowest BCUT2D eigenvalue weighted by atomic mass is 10.1. The van der Waals surface area contributed by atoms with Crippen LogP contribution in [0.3, 0.4) is 0 Å². The molecule has 1 amide bonds. The van der Waals surface area contributed by atoms with Crippen LogP contribution >= 0.6 is 0 Å². The molecule has 0 bridgehead atoms. The van der Waals surface area contributed by atoms with E-state index in [-0.39, 0.29) is 24.1 Å². The van der Waals surface area contributed by atoms with Crippen molar-refractivity contribution in [2.75, 3.05) is 0 Å². The zero-order chi connectivity index (χ0) is 15.4. The first-order valence-electron chi connectivity index (χ1n) is 6.72. The molecule has 1 saturated carbocycles. The first-order chi connectivity index (χ1) is 9.97. The van der Waals surface area contributed by atoms with Crippen LogP contribution < -0.4 is 5.32 Å². The van der Waals surface area contributed by atoms with Crippen molar-refractivity contribution in [2.45, 2.75) is 31.7 Å². The zero-order valence-corrected chi connectivity index (χ0v) is 11.3. The number of aliphatic carboxylic acids is 1. The molecule has 0 spiro atoms. The van der Waals surface area contributed by atoms with Crippen LogP contribution in [0.4, 0.5) is 5.69 Å². The van der Waals surface area contributed by atoms with E-state index in [1.54, 1.807) is 18.2 Å². The summed E-state index contributed by atoms with van der Waals surface area (Å²) in [5, 5.41) is 22.5. The molecular weight excluding hydrogens is 276 g/mol. The Hall–Kier alpha value is -2.44. The van der Waals surface area contributed by atoms with Crippen LogP contribution in [0.5, 0.6) is 0 Å². The number of benzene rings is 1. The number of carboxylic acid groups (broad SMARTS) is 1. The maximum absolute atomic E-state index is 11.9. The van der Waals surface area contributed by atoms with Crippen molar-refractivity contribution < 1.29 is 19.6 Å². The van der Waals surface area contributed by atoms with Gasteiger partial charge in [-0.3, -0.25) is 19.7 Å². The van der Waals surface area contributed by atoms with E-state index in [1.807, 2.05) is 0 Å². The number of nitrogens with one attached hydrogen (secondary N) is 1. The third kappa shape index (κ3) is 3.77. The molecule has 0 saturated heterocycles. The van der Waals surface area contributed by atoms with Crippen LogP contribution in [0.25, 0.3) is 0 Å². The van der Waals surface area contributed by atoms with Crippen LogP contribution in [-0.2, 0) is 16.0 Å². The summed E-state index contributed by atoms with van der Waals surface area (Å²) in [6.45, 7) is 0. The number of amides is 1. The Bertz CT molecular complexity index is 572. The second-order valence-electron chi connectivity index (χ2n) is 5.18. The highest BCUT2D eigenvalue weighted by Gasteiger charge is 2.30. The molecule has 2 N–H and O–H groups in total. The molecule has 1 aromatic carbocycles. The standard InChI is InChI=1S/C14H16N2O5/c17-13(15-11-6-5-10(7-11)14(18)19)8-9-3-1-2-4-12(9)16(20)21/h1-4,10-11H,5-8H2,(H,15,17)(H,18,19). The smallest absolute Gasteiger partial charge is 0.306 e. The molecule has 1 aliphatic rings. The second kappa shape index (κ2) is 6.34. The van der Waals surface area contributed by atoms with E-state index >= 15 is 0 Å². The molecule has 2 unspecified atom stereocenters. The van der Waals surface area contributed by atoms with E-state index in [4.69, 9.17) is 5.11 Å². The number of hydrogen-bond acceptors (Lipinski definition) is 4. The summed E-state index contributed by atoms with van der Waals surface area (Å²) in [6, 6.07) is 5.94. The third-order valence-corrected chi connectivity index (χ3v) is 3.69. The van der Waals surface area contributed by atoms with Crippen molar-refractivity contribution in [3.8, 4) is 0 Å². The molecule has 1 aliphatic carbocycles. The summed E-state index contributed by atoms with van der Waals surface area (Å²) in [5.41, 5.74) is 0.273. The number of hydrogen-bond donors (Lipinski definition) is 2. The van der Waals surface area contributed by atoms with Crippen molar-refractivity contribution >= 4 is 17.6 Å². The lowest BCUT2D eigenvalue weighted by Gasteiger charge is -2.12. The molecule has 0 aliphatic heterocycles. The van der Waals surface area contributed by atoms with E-state index in [0.717, 1.165) is 0 Å². The van der Waals surface area contributed by atoms with Crippen LogP contribution in [0.1, 0.15) is 24.8 Å². The van der Waals surface area contributed by atoms with Gasteiger partial charge in [-0.2, -0.15) is 0 Å². The highest BCUT2D eigenvalue weighted by atomic mass is 16.6. The summed E-state index contributed by atoms with van der Waals surface area (Å²) in [5.74, 6) is -1.58. The largest absolute Gasteiger partial charge is 0.481 e. The van der Waals surface area contributed by atoms with Gasteiger partial charge in [0, 0.05) is 17.7 Å². The average molecular weight is 292 g/mol. The van der Waals surface area contributed by atoms with E-state index in [1.165, 1.54) is 6.07 Å². The Labute approximate surface area is 121 Å². The fourth-order valence-electron chi connectivity index (χ4n) is 2.63. The minimum absolute atomic E-state index is 0.0780. The van der Waals surface area contributed by atoms with E-state index in [9.17, 15) is 19.7 Å². The maximum atomic E-state index is 11.9. The summed E-state index contributed by atoms with van der Waals surface area (Å²) < 4.78 is 0. The molecule has 0 aromatic heterocycles. The number of carbonyl (C=O) groups excluding carboxylic acids is 1. The zero-order valence-electron chi connectivity index (χ0n) is 11.3. The predicted octanol–water partition coefficient (Wildman–Crippen LogP) is 1.51. The molecule has 7 nitrogen and oxygen atoms in total. The van der Waals surface area contributed by atoms with Gasteiger partial charge in [-0.05, 0) is 19.3 Å². The van der Waals surface area contributed by atoms with Crippen LogP contribution in [-0.4, -0.2) is 27.9 Å². The van der Waals surface area contributed by atoms with Gasteiger partial charge in [0.2, 0.25) is 5.91 Å². The van der Waals surface area contributed by atoms with Crippen molar-refractivity contribution in [1.29, 1.82) is 0 Å². The van der Waals surface area contributed by atoms with Crippen molar-refractivity contribution in [3.05, 3.63) is 39.9 Å². The summed E-state index contributed by atoms with van der Waals surface area (Å²) in [7, 11) is 0. The summed E-state index contributed by atoms with van der Waals surface area (Å²) >= 11 is 0. The lowest BCUT2D eigenvalue weighted by molar-refractivity contribution is -0.385. The minimum atomic E-state index is -0.842. The van der Waals surface area contributed by atoms with E-state index in [0.29, 0.717) is 24.8 Å². The number of nitro groups is 1. The Balaban J connectivity index is 1.94. The SMILES string of the molecule is O=C(Cc1ccccc1[N+](=O)[O-])NC1CCC(C(=O)O)C1. The van der Waals surface area contributed by atoms with E-state index < -0.39 is 16.8 Å². The molecular formula is C14H16N2O5. The Morgan fingerprint density at radius 1 is 1.33 bits per heavy atom. The van der Waals surface area contributed by atoms with Gasteiger partial charge in [-0.25, -0.2) is 0 Å². The van der Waals surface area contributed by atoms with Crippen molar-refractivity contribution in [3.63, 3.8) is 0 Å². The van der Waals surface area contributed by atoms with Crippen molar-refractivity contribution in [1.82, 2.24) is 5.32 Å². The quantitative estimate of drug-likeness (QED) is 0.631. The maximum Gasteiger partial charge on any atom is 0.306 e. The number of rotatable bonds is 5. The number of nitrogens with zero attached hydrogens (tertiary/aromatic N) is 1. The Morgan fingerprint density at radius 3 is 2.67 bits per heavy atom. The lowest BCUT2D eigenvalue weighted by Crippen LogP contribution is -2.34. The molecule has 0 heterocycles. The number of carboxylic acids is 1. The van der Waals surface area contributed by atoms with Crippen LogP contribution in [0.15, 0.2) is 24.3 Å². The summed E-state index contributed by atoms with van der Waals surface area (Å²) in [6.07, 6.45) is 1.51. The molecule has 112 valence electrons. The first kappa shape index (κ1) is 15.0. The van der Waals surface area contributed by atoms with Gasteiger partial charge in [0.25, 0.3) is 5.69 Å². The van der Waals surface area contributed by atoms with Gasteiger partial charge < -0.3 is 10.4 Å². The van der Waals surface area contributed by atoms with Gasteiger partial charge in [0.15, 0.2) is 0 Å². The molecule has 1 fully saturated rings. The highest BCUT2D eigenvalue weighted by molar-refractivity contribution is 5.80. The normalized spacial score (nSPS) is 21.0. The predicted molar refractivity (Wildman–Crippen MR) is 73.7 cm³/mol. The fraction of sp³-hybridized carbons (Fsp3) is 0.429. The van der Waals surface area contributed by atoms with Crippen LogP contribution in [0, 0.1) is 16.0 Å². The topological polar surface area (TPSA) is 110 Å². The molecule has 2 rings (SSSR count). The highest BCUT2D eigenvalue weighted by Crippen LogP contribution is 2.26. The van der Waals surface area contributed by atoms with E-state index in [2.05, 4.69) is 5.32 Å². The molecule has 1 aromatic rings. The Morgan fingerprint density at radius 2 is 2.05 bits per heavy atom. The number of carbonyl (C=O) groups is 2. The molecule has 2 atom stereocenters. The first-order valence-corrected chi connectivity index (χ1v) is 6.72. The Kier molecular flexibility index (Phi) is 4.52. The molecule has 21 heavy (non-hydrogen) atoms. The number of para-hydroxylation sites is 1. The van der Waals surface area contributed by atoms with Gasteiger partial charge >= 0.3 is 5.97 Å². The minimum Gasteiger partial charge on any atom is -0.481 e. The molecule has 7 heteroatoms.